The average Bonchev–Trinajstić information content (AvgIpc) is 3.06. The Morgan fingerprint density at radius 3 is 1.25 bits per heavy atom. The molecule has 0 aliphatic heterocycles. The van der Waals surface area contributed by atoms with Crippen LogP contribution in [0.5, 0.6) is 0 Å². The Bertz CT molecular complexity index is 1030. The van der Waals surface area contributed by atoms with Gasteiger partial charge in [0.05, 0.1) is 24.0 Å². The first-order chi connectivity index (χ1) is 23.3. The minimum absolute atomic E-state index is 0. The van der Waals surface area contributed by atoms with Crippen LogP contribution >= 0.6 is 34.0 Å². The molecular formula is C37H66BClIN3O7V. The van der Waals surface area contributed by atoms with Crippen molar-refractivity contribution in [2.45, 2.75) is 181 Å². The number of ether oxygens (including phenoxy) is 2. The van der Waals surface area contributed by atoms with Crippen molar-refractivity contribution in [2.75, 3.05) is 5.88 Å². The number of nitrogens with two attached hydrogens (primary N) is 1. The molecule has 0 heterocycles. The summed E-state index contributed by atoms with van der Waals surface area (Å²) in [5, 5.41) is 5.43. The van der Waals surface area contributed by atoms with Gasteiger partial charge in [0.25, 0.3) is 0 Å². The summed E-state index contributed by atoms with van der Waals surface area (Å²) in [5.74, 6) is 0.901. The summed E-state index contributed by atoms with van der Waals surface area (Å²) in [5.41, 5.74) is 9.12. The minimum atomic E-state index is -0.564. The van der Waals surface area contributed by atoms with Gasteiger partial charge in [0.1, 0.15) is 17.0 Å². The van der Waals surface area contributed by atoms with Crippen LogP contribution < -0.4 is 16.4 Å². The molecule has 0 aromatic rings. The van der Waals surface area contributed by atoms with E-state index in [2.05, 4.69) is 16.3 Å². The Kier molecular flexibility index (Phi) is 28.4. The number of halogens is 2. The third kappa shape index (κ3) is 24.3. The zero-order valence-corrected chi connectivity index (χ0v) is 36.8. The van der Waals surface area contributed by atoms with Crippen molar-refractivity contribution in [1.82, 2.24) is 10.6 Å². The SMILES string of the molecule is CC(=O)[C@@H](N)C1CCCCC1.CC(=O)[C@@H](NC(=O)OC(C)(C)C)C1CCCCC1.CC(C)(C)OC(=O)N[C@H](C(=O)CCl)C1CCCCC1.[B]I.[V]. The number of Topliss-reactive ketones (excluding diaryl/α,β-unsaturated/α-hetero) is 3. The van der Waals surface area contributed by atoms with Crippen molar-refractivity contribution in [3.63, 3.8) is 0 Å². The smallest absolute Gasteiger partial charge is 0.408 e. The molecule has 0 aromatic carbocycles. The molecule has 51 heavy (non-hydrogen) atoms. The molecule has 0 aromatic heterocycles. The third-order valence-corrected chi connectivity index (χ3v) is 9.39. The van der Waals surface area contributed by atoms with Crippen LogP contribution in [0.4, 0.5) is 9.59 Å². The molecule has 3 atom stereocenters. The van der Waals surface area contributed by atoms with Crippen molar-refractivity contribution >= 4 is 69.2 Å². The molecule has 10 nitrogen and oxygen atoms in total. The van der Waals surface area contributed by atoms with E-state index in [4.69, 9.17) is 26.8 Å². The zero-order chi connectivity index (χ0) is 38.5. The summed E-state index contributed by atoms with van der Waals surface area (Å²) < 4.78 is 10.4. The maximum absolute atomic E-state index is 11.9. The standard InChI is InChI=1S/C14H24ClNO3.C14H25NO3.C9H17NO.BI.V/c1-14(2,3)19-13(18)16-12(11(17)9-15)10-7-5-4-6-8-10;1-10(16)12(11-8-6-5-7-9-11)15-13(17)18-14(2,3)4;1-7(11)9(10)8-5-3-2-4-6-8;1-2;/h10,12H,4-9H2,1-3H3,(H,16,18);11-12H,5-9H2,1-4H3,(H,15,17);8-9H,2-6,10H2,1H3;;/t2*12-;9-;;/m011../s1. The Labute approximate surface area is 340 Å². The number of alkyl halides is 1. The zero-order valence-electron chi connectivity index (χ0n) is 32.5. The van der Waals surface area contributed by atoms with E-state index in [-0.39, 0.29) is 65.7 Å². The van der Waals surface area contributed by atoms with E-state index in [1.54, 1.807) is 50.1 Å². The Morgan fingerprint density at radius 2 is 0.961 bits per heavy atom. The van der Waals surface area contributed by atoms with E-state index < -0.39 is 29.4 Å². The summed E-state index contributed by atoms with van der Waals surface area (Å²) in [4.78, 5) is 58.0. The van der Waals surface area contributed by atoms with Gasteiger partial charge in [0.15, 0.2) is 17.3 Å². The number of hydrogen-bond donors (Lipinski definition) is 3. The van der Waals surface area contributed by atoms with Crippen LogP contribution in [-0.2, 0) is 42.4 Å². The largest absolute Gasteiger partial charge is 0.444 e. The van der Waals surface area contributed by atoms with Gasteiger partial charge in [-0.1, -0.05) is 57.8 Å². The van der Waals surface area contributed by atoms with Crippen LogP contribution in [0.25, 0.3) is 0 Å². The molecule has 3 rings (SSSR count). The van der Waals surface area contributed by atoms with E-state index >= 15 is 0 Å². The van der Waals surface area contributed by atoms with E-state index in [0.717, 1.165) is 64.2 Å². The van der Waals surface area contributed by atoms with Gasteiger partial charge < -0.3 is 25.8 Å². The second-order valence-corrected chi connectivity index (χ2v) is 16.1. The summed E-state index contributed by atoms with van der Waals surface area (Å²) in [6.45, 7) is 14.0. The Morgan fingerprint density at radius 1 is 0.647 bits per heavy atom. The van der Waals surface area contributed by atoms with Gasteiger partial charge in [-0.05, 0) is 112 Å². The number of ketones is 3. The fourth-order valence-electron chi connectivity index (χ4n) is 6.73. The molecule has 3 fully saturated rings. The summed E-state index contributed by atoms with van der Waals surface area (Å²) in [6.07, 6.45) is 16.0. The molecule has 3 saturated carbocycles. The van der Waals surface area contributed by atoms with E-state index in [1.165, 1.54) is 39.0 Å². The number of amides is 2. The molecule has 14 heteroatoms. The van der Waals surface area contributed by atoms with Crippen LogP contribution in [0.1, 0.15) is 152 Å². The fraction of sp³-hybridized carbons (Fsp3) is 0.865. The predicted molar refractivity (Wildman–Crippen MR) is 211 cm³/mol. The fourth-order valence-corrected chi connectivity index (χ4v) is 6.89. The first-order valence-corrected chi connectivity index (χ1v) is 20.2. The second-order valence-electron chi connectivity index (χ2n) is 15.8. The van der Waals surface area contributed by atoms with Gasteiger partial charge >= 0.3 is 12.2 Å². The Balaban J connectivity index is 0. The molecule has 3 aliphatic rings. The van der Waals surface area contributed by atoms with E-state index in [9.17, 15) is 24.0 Å². The number of rotatable bonds is 9. The average molecular weight is 889 g/mol. The minimum Gasteiger partial charge on any atom is -0.444 e. The van der Waals surface area contributed by atoms with Crippen LogP contribution in [-0.4, -0.2) is 70.4 Å². The molecule has 0 unspecified atom stereocenters. The van der Waals surface area contributed by atoms with Crippen molar-refractivity contribution in [3.8, 4) is 0 Å². The Hall–Kier alpha value is -0.821. The van der Waals surface area contributed by atoms with Gasteiger partial charge in [-0.15, -0.1) is 11.6 Å². The molecule has 3 aliphatic carbocycles. The van der Waals surface area contributed by atoms with Gasteiger partial charge in [-0.25, -0.2) is 9.59 Å². The van der Waals surface area contributed by atoms with Gasteiger partial charge in [0.2, 0.25) is 0 Å². The number of nitrogens with one attached hydrogen (secondary N) is 2. The molecule has 2 amide bonds. The van der Waals surface area contributed by atoms with Gasteiger partial charge in [-0.2, -0.15) is 22.4 Å². The number of carbonyl (C=O) groups excluding carboxylic acids is 5. The van der Waals surface area contributed by atoms with Gasteiger partial charge in [-0.3, -0.25) is 14.4 Å². The molecule has 0 spiro atoms. The maximum Gasteiger partial charge on any atom is 0.408 e. The van der Waals surface area contributed by atoms with Crippen molar-refractivity contribution in [1.29, 1.82) is 0 Å². The molecule has 293 valence electrons. The molecule has 0 saturated heterocycles. The van der Waals surface area contributed by atoms with Crippen LogP contribution in [0.2, 0.25) is 0 Å². The van der Waals surface area contributed by atoms with Crippen molar-refractivity contribution in [3.05, 3.63) is 0 Å². The number of hydrogen-bond acceptors (Lipinski definition) is 8. The second kappa shape index (κ2) is 27.7. The summed E-state index contributed by atoms with van der Waals surface area (Å²) in [7, 11) is 0. The van der Waals surface area contributed by atoms with Crippen molar-refractivity contribution < 1.29 is 52.0 Å². The normalized spacial score (nSPS) is 18.8. The monoisotopic (exact) mass is 888 g/mol. The quantitative estimate of drug-likeness (QED) is 0.119. The van der Waals surface area contributed by atoms with Crippen molar-refractivity contribution in [2.24, 2.45) is 23.5 Å². The summed E-state index contributed by atoms with van der Waals surface area (Å²) >= 11 is 7.29. The molecule has 0 bridgehead atoms. The van der Waals surface area contributed by atoms with Gasteiger partial charge in [0, 0.05) is 18.6 Å². The third-order valence-electron chi connectivity index (χ3n) is 9.13. The first-order valence-electron chi connectivity index (χ1n) is 18.4. The number of alkyl carbamates (subject to hydrolysis) is 2. The predicted octanol–water partition coefficient (Wildman–Crippen LogP) is 8.30. The summed E-state index contributed by atoms with van der Waals surface area (Å²) in [6, 6.07) is -1.08. The van der Waals surface area contributed by atoms with E-state index in [1.807, 2.05) is 20.8 Å². The van der Waals surface area contributed by atoms with Crippen LogP contribution in [0.3, 0.4) is 0 Å². The number of carbonyl (C=O) groups is 5. The molecule has 4 N–H and O–H groups in total. The molecular weight excluding hydrogens is 823 g/mol. The maximum atomic E-state index is 11.9. The van der Waals surface area contributed by atoms with Crippen LogP contribution in [0, 0.1) is 17.8 Å². The molecule has 3 radical (unpaired) electrons. The van der Waals surface area contributed by atoms with Crippen LogP contribution in [0.15, 0.2) is 0 Å². The topological polar surface area (TPSA) is 154 Å². The first kappa shape index (κ1) is 52.3. The van der Waals surface area contributed by atoms with E-state index in [0.29, 0.717) is 5.92 Å².